The van der Waals surface area contributed by atoms with E-state index in [-0.39, 0.29) is 10.6 Å². The molecule has 0 spiro atoms. The van der Waals surface area contributed by atoms with Gasteiger partial charge in [0.15, 0.2) is 0 Å². The molecule has 23 heavy (non-hydrogen) atoms. The molecule has 2 N–H and O–H groups in total. The van der Waals surface area contributed by atoms with Gasteiger partial charge in [0.25, 0.3) is 5.69 Å². The summed E-state index contributed by atoms with van der Waals surface area (Å²) in [4.78, 5) is 10.2. The lowest BCUT2D eigenvalue weighted by molar-refractivity contribution is -0.384. The zero-order valence-corrected chi connectivity index (χ0v) is 13.8. The Bertz CT molecular complexity index is 658. The van der Waals surface area contributed by atoms with Gasteiger partial charge in [-0.2, -0.15) is 0 Å². The van der Waals surface area contributed by atoms with E-state index in [1.54, 1.807) is 12.1 Å². The van der Waals surface area contributed by atoms with Crippen molar-refractivity contribution in [1.82, 2.24) is 5.32 Å². The Hall–Kier alpha value is -2.40. The Balaban J connectivity index is 1.77. The first-order valence-corrected chi connectivity index (χ1v) is 7.73. The minimum Gasteiger partial charge on any atom is -0.383 e. The van der Waals surface area contributed by atoms with E-state index < -0.39 is 0 Å². The maximum absolute atomic E-state index is 10.6. The molecule has 2 aromatic carbocycles. The van der Waals surface area contributed by atoms with Crippen LogP contribution in [0, 0.1) is 30.9 Å². The fraction of sp³-hybridized carbons (Fsp3) is 0.333. The van der Waals surface area contributed by atoms with Gasteiger partial charge in [-0.15, -0.1) is 0 Å². The number of nitrogens with one attached hydrogen (secondary N) is 2. The largest absolute Gasteiger partial charge is 0.383 e. The number of nitrogens with zero attached hydrogens (tertiary/aromatic N) is 1. The third-order valence-electron chi connectivity index (χ3n) is 3.76. The fourth-order valence-corrected chi connectivity index (χ4v) is 2.70. The molecule has 5 heteroatoms. The first-order valence-electron chi connectivity index (χ1n) is 7.73. The highest BCUT2D eigenvalue weighted by molar-refractivity contribution is 5.58. The van der Waals surface area contributed by atoms with E-state index >= 15 is 0 Å². The summed E-state index contributed by atoms with van der Waals surface area (Å²) >= 11 is 0. The highest BCUT2D eigenvalue weighted by Gasteiger charge is 2.04. The van der Waals surface area contributed by atoms with Crippen molar-refractivity contribution in [3.8, 4) is 0 Å². The molecule has 5 nitrogen and oxygen atoms in total. The van der Waals surface area contributed by atoms with E-state index in [1.165, 1.54) is 34.5 Å². The number of aryl methyl sites for hydroxylation is 3. The smallest absolute Gasteiger partial charge is 0.269 e. The highest BCUT2D eigenvalue weighted by Crippen LogP contribution is 2.21. The Kier molecular flexibility index (Phi) is 5.71. The SMILES string of the molecule is Cc1cc(C)c(NCCNCc2ccc([N+](=O)[O-])cc2)c(C)c1. The van der Waals surface area contributed by atoms with Crippen LogP contribution in [0.15, 0.2) is 36.4 Å². The van der Waals surface area contributed by atoms with Gasteiger partial charge in [0.05, 0.1) is 4.92 Å². The van der Waals surface area contributed by atoms with E-state index in [0.717, 1.165) is 18.7 Å². The van der Waals surface area contributed by atoms with Crippen molar-refractivity contribution in [2.75, 3.05) is 18.4 Å². The molecule has 122 valence electrons. The van der Waals surface area contributed by atoms with Crippen LogP contribution in [0.25, 0.3) is 0 Å². The predicted molar refractivity (Wildman–Crippen MR) is 93.9 cm³/mol. The third kappa shape index (κ3) is 4.79. The molecular weight excluding hydrogens is 290 g/mol. The van der Waals surface area contributed by atoms with Crippen LogP contribution < -0.4 is 10.6 Å². The van der Waals surface area contributed by atoms with Gasteiger partial charge in [0.2, 0.25) is 0 Å². The van der Waals surface area contributed by atoms with Crippen molar-refractivity contribution >= 4 is 11.4 Å². The van der Waals surface area contributed by atoms with Gasteiger partial charge in [-0.25, -0.2) is 0 Å². The minimum absolute atomic E-state index is 0.126. The summed E-state index contributed by atoms with van der Waals surface area (Å²) < 4.78 is 0. The molecule has 0 atom stereocenters. The maximum Gasteiger partial charge on any atom is 0.269 e. The molecule has 0 unspecified atom stereocenters. The number of nitro benzene ring substituents is 1. The third-order valence-corrected chi connectivity index (χ3v) is 3.76. The Labute approximate surface area is 136 Å². The van der Waals surface area contributed by atoms with Crippen LogP contribution in [-0.2, 0) is 6.54 Å². The second-order valence-corrected chi connectivity index (χ2v) is 5.80. The number of anilines is 1. The van der Waals surface area contributed by atoms with Crippen molar-refractivity contribution in [1.29, 1.82) is 0 Å². The summed E-state index contributed by atoms with van der Waals surface area (Å²) in [5.74, 6) is 0. The van der Waals surface area contributed by atoms with Crippen molar-refractivity contribution in [3.63, 3.8) is 0 Å². The van der Waals surface area contributed by atoms with Crippen LogP contribution in [0.3, 0.4) is 0 Å². The van der Waals surface area contributed by atoms with Crippen molar-refractivity contribution in [3.05, 3.63) is 68.8 Å². The van der Waals surface area contributed by atoms with Crippen molar-refractivity contribution < 1.29 is 4.92 Å². The normalized spacial score (nSPS) is 10.6. The van der Waals surface area contributed by atoms with Crippen LogP contribution in [0.1, 0.15) is 22.3 Å². The first kappa shape index (κ1) is 17.0. The summed E-state index contributed by atoms with van der Waals surface area (Å²) in [6, 6.07) is 11.0. The Morgan fingerprint density at radius 2 is 1.61 bits per heavy atom. The molecule has 2 rings (SSSR count). The molecule has 0 amide bonds. The predicted octanol–water partition coefficient (Wildman–Crippen LogP) is 3.72. The van der Waals surface area contributed by atoms with Gasteiger partial charge >= 0.3 is 0 Å². The van der Waals surface area contributed by atoms with Crippen LogP contribution in [0.2, 0.25) is 0 Å². The fourth-order valence-electron chi connectivity index (χ4n) is 2.70. The number of hydrogen-bond donors (Lipinski definition) is 2. The molecule has 0 aliphatic rings. The van der Waals surface area contributed by atoms with E-state index in [1.807, 2.05) is 0 Å². The molecule has 0 aliphatic heterocycles. The highest BCUT2D eigenvalue weighted by atomic mass is 16.6. The van der Waals surface area contributed by atoms with Crippen LogP contribution in [0.5, 0.6) is 0 Å². The number of rotatable bonds is 7. The molecule has 0 bridgehead atoms. The molecule has 0 fully saturated rings. The maximum atomic E-state index is 10.6. The van der Waals surface area contributed by atoms with Gasteiger partial charge in [-0.3, -0.25) is 10.1 Å². The lowest BCUT2D eigenvalue weighted by atomic mass is 10.1. The molecule has 0 saturated carbocycles. The van der Waals surface area contributed by atoms with Gasteiger partial charge in [-0.1, -0.05) is 29.8 Å². The molecule has 0 heterocycles. The zero-order chi connectivity index (χ0) is 16.8. The lowest BCUT2D eigenvalue weighted by Crippen LogP contribution is -2.22. The quantitative estimate of drug-likeness (QED) is 0.464. The lowest BCUT2D eigenvalue weighted by Gasteiger charge is -2.14. The van der Waals surface area contributed by atoms with Crippen LogP contribution >= 0.6 is 0 Å². The summed E-state index contributed by atoms with van der Waals surface area (Å²) in [5, 5.41) is 17.4. The Morgan fingerprint density at radius 3 is 2.17 bits per heavy atom. The zero-order valence-electron chi connectivity index (χ0n) is 13.8. The van der Waals surface area contributed by atoms with E-state index in [2.05, 4.69) is 43.5 Å². The Morgan fingerprint density at radius 1 is 1.00 bits per heavy atom. The molecule has 0 aromatic heterocycles. The molecular formula is C18H23N3O2. The standard InChI is InChI=1S/C18H23N3O2/c1-13-10-14(2)18(15(3)11-13)20-9-8-19-12-16-4-6-17(7-5-16)21(22)23/h4-7,10-11,19-20H,8-9,12H2,1-3H3. The first-order chi connectivity index (χ1) is 11.0. The van der Waals surface area contributed by atoms with Crippen molar-refractivity contribution in [2.45, 2.75) is 27.3 Å². The number of benzene rings is 2. The van der Waals surface area contributed by atoms with Crippen LogP contribution in [-0.4, -0.2) is 18.0 Å². The number of hydrogen-bond acceptors (Lipinski definition) is 4. The minimum atomic E-state index is -0.382. The topological polar surface area (TPSA) is 67.2 Å². The van der Waals surface area contributed by atoms with E-state index in [9.17, 15) is 10.1 Å². The monoisotopic (exact) mass is 313 g/mol. The molecule has 2 aromatic rings. The molecule has 0 saturated heterocycles. The van der Waals surface area contributed by atoms with E-state index in [0.29, 0.717) is 6.54 Å². The van der Waals surface area contributed by atoms with Crippen molar-refractivity contribution in [2.24, 2.45) is 0 Å². The van der Waals surface area contributed by atoms with Gasteiger partial charge < -0.3 is 10.6 Å². The number of non-ortho nitro benzene ring substituents is 1. The molecule has 0 radical (unpaired) electrons. The summed E-state index contributed by atoms with van der Waals surface area (Å²) in [6.07, 6.45) is 0. The van der Waals surface area contributed by atoms with Gasteiger partial charge in [0.1, 0.15) is 0 Å². The second kappa shape index (κ2) is 7.74. The van der Waals surface area contributed by atoms with Gasteiger partial charge in [-0.05, 0) is 37.5 Å². The average molecular weight is 313 g/mol. The van der Waals surface area contributed by atoms with Crippen LogP contribution in [0.4, 0.5) is 11.4 Å². The van der Waals surface area contributed by atoms with Gasteiger partial charge in [0, 0.05) is 37.5 Å². The average Bonchev–Trinajstić information content (AvgIpc) is 2.49. The number of nitro groups is 1. The van der Waals surface area contributed by atoms with E-state index in [4.69, 9.17) is 0 Å². The summed E-state index contributed by atoms with van der Waals surface area (Å²) in [6.45, 7) is 8.70. The second-order valence-electron chi connectivity index (χ2n) is 5.80. The summed E-state index contributed by atoms with van der Waals surface area (Å²) in [7, 11) is 0. The summed E-state index contributed by atoms with van der Waals surface area (Å²) in [5.41, 5.74) is 6.17. The molecule has 0 aliphatic carbocycles.